The maximum Gasteiger partial charge on any atom is 0.0797 e. The molecule has 1 aromatic rings. The van der Waals surface area contributed by atoms with Gasteiger partial charge in [-0.05, 0) is 32.8 Å². The van der Waals surface area contributed by atoms with Gasteiger partial charge in [-0.2, -0.15) is 0 Å². The van der Waals surface area contributed by atoms with Crippen molar-refractivity contribution in [3.63, 3.8) is 0 Å². The molecule has 0 heterocycles. The van der Waals surface area contributed by atoms with E-state index in [4.69, 9.17) is 4.74 Å². The fraction of sp³-hybridized carbons (Fsp3) is 0.600. The molecule has 1 rings (SSSR count). The Hall–Kier alpha value is -0.860. The van der Waals surface area contributed by atoms with Crippen LogP contribution in [0.3, 0.4) is 0 Å². The van der Waals surface area contributed by atoms with Crippen LogP contribution in [0.15, 0.2) is 30.3 Å². The smallest absolute Gasteiger partial charge is 0.0797 e. The van der Waals surface area contributed by atoms with Crippen molar-refractivity contribution in [3.8, 4) is 0 Å². The monoisotopic (exact) mass is 235 g/mol. The first-order chi connectivity index (χ1) is 8.05. The average molecular weight is 235 g/mol. The van der Waals surface area contributed by atoms with Crippen molar-refractivity contribution in [2.75, 3.05) is 13.2 Å². The molecular weight excluding hydrogens is 210 g/mol. The molecule has 1 atom stereocenters. The molecule has 0 radical (unpaired) electrons. The van der Waals surface area contributed by atoms with Crippen LogP contribution in [-0.4, -0.2) is 18.7 Å². The Morgan fingerprint density at radius 1 is 1.24 bits per heavy atom. The van der Waals surface area contributed by atoms with Crippen LogP contribution in [0.2, 0.25) is 0 Å². The average Bonchev–Trinajstić information content (AvgIpc) is 2.35. The van der Waals surface area contributed by atoms with Gasteiger partial charge in [-0.1, -0.05) is 37.3 Å². The molecule has 0 spiro atoms. The standard InChI is InChI=1S/C15H25NO/c1-5-15(3,4)16-11-12-17-13(2)14-9-7-6-8-10-14/h6-10,13,16H,5,11-12H2,1-4H3. The molecule has 0 aromatic heterocycles. The molecule has 0 bridgehead atoms. The van der Waals surface area contributed by atoms with Gasteiger partial charge in [0.25, 0.3) is 0 Å². The fourth-order valence-electron chi connectivity index (χ4n) is 1.57. The number of rotatable bonds is 7. The molecule has 2 heteroatoms. The zero-order chi connectivity index (χ0) is 12.7. The summed E-state index contributed by atoms with van der Waals surface area (Å²) in [7, 11) is 0. The summed E-state index contributed by atoms with van der Waals surface area (Å²) in [5, 5.41) is 3.49. The molecule has 96 valence electrons. The molecule has 1 unspecified atom stereocenters. The van der Waals surface area contributed by atoms with Crippen molar-refractivity contribution in [2.24, 2.45) is 0 Å². The highest BCUT2D eigenvalue weighted by atomic mass is 16.5. The highest BCUT2D eigenvalue weighted by Gasteiger charge is 2.13. The minimum absolute atomic E-state index is 0.169. The van der Waals surface area contributed by atoms with Gasteiger partial charge in [-0.25, -0.2) is 0 Å². The van der Waals surface area contributed by atoms with E-state index < -0.39 is 0 Å². The molecule has 1 N–H and O–H groups in total. The van der Waals surface area contributed by atoms with Crippen molar-refractivity contribution in [2.45, 2.75) is 45.8 Å². The second-order valence-electron chi connectivity index (χ2n) is 5.09. The van der Waals surface area contributed by atoms with Gasteiger partial charge in [-0.15, -0.1) is 0 Å². The van der Waals surface area contributed by atoms with Gasteiger partial charge < -0.3 is 10.1 Å². The van der Waals surface area contributed by atoms with E-state index in [-0.39, 0.29) is 11.6 Å². The van der Waals surface area contributed by atoms with Crippen LogP contribution < -0.4 is 5.32 Å². The molecular formula is C15H25NO. The van der Waals surface area contributed by atoms with Gasteiger partial charge in [0.15, 0.2) is 0 Å². The van der Waals surface area contributed by atoms with Gasteiger partial charge in [-0.3, -0.25) is 0 Å². The number of hydrogen-bond donors (Lipinski definition) is 1. The van der Waals surface area contributed by atoms with E-state index in [1.165, 1.54) is 5.56 Å². The van der Waals surface area contributed by atoms with Crippen LogP contribution in [0, 0.1) is 0 Å². The Bertz CT molecular complexity index is 308. The first-order valence-corrected chi connectivity index (χ1v) is 6.47. The summed E-state index contributed by atoms with van der Waals surface area (Å²) in [6.45, 7) is 10.4. The van der Waals surface area contributed by atoms with Gasteiger partial charge in [0.1, 0.15) is 0 Å². The van der Waals surface area contributed by atoms with Gasteiger partial charge in [0.2, 0.25) is 0 Å². The van der Waals surface area contributed by atoms with Crippen molar-refractivity contribution >= 4 is 0 Å². The SMILES string of the molecule is CCC(C)(C)NCCOC(C)c1ccccc1. The highest BCUT2D eigenvalue weighted by Crippen LogP contribution is 2.15. The molecule has 17 heavy (non-hydrogen) atoms. The first kappa shape index (κ1) is 14.2. The molecule has 0 aliphatic heterocycles. The van der Waals surface area contributed by atoms with Crippen LogP contribution in [-0.2, 0) is 4.74 Å². The fourth-order valence-corrected chi connectivity index (χ4v) is 1.57. The Kier molecular flexibility index (Phi) is 5.66. The van der Waals surface area contributed by atoms with Gasteiger partial charge >= 0.3 is 0 Å². The third-order valence-corrected chi connectivity index (χ3v) is 3.23. The predicted molar refractivity (Wildman–Crippen MR) is 73.2 cm³/mol. The van der Waals surface area contributed by atoms with E-state index in [0.717, 1.165) is 19.6 Å². The van der Waals surface area contributed by atoms with Crippen LogP contribution in [0.1, 0.15) is 45.8 Å². The maximum absolute atomic E-state index is 5.81. The summed E-state index contributed by atoms with van der Waals surface area (Å²) < 4.78 is 5.81. The lowest BCUT2D eigenvalue weighted by atomic mass is 10.0. The van der Waals surface area contributed by atoms with Crippen molar-refractivity contribution < 1.29 is 4.74 Å². The largest absolute Gasteiger partial charge is 0.373 e. The molecule has 0 aliphatic rings. The zero-order valence-electron chi connectivity index (χ0n) is 11.5. The maximum atomic E-state index is 5.81. The quantitative estimate of drug-likeness (QED) is 0.730. The molecule has 2 nitrogen and oxygen atoms in total. The van der Waals surface area contributed by atoms with Crippen molar-refractivity contribution in [1.29, 1.82) is 0 Å². The Balaban J connectivity index is 2.24. The molecule has 0 fully saturated rings. The van der Waals surface area contributed by atoms with E-state index >= 15 is 0 Å². The number of ether oxygens (including phenoxy) is 1. The van der Waals surface area contributed by atoms with Crippen molar-refractivity contribution in [1.82, 2.24) is 5.32 Å². The highest BCUT2D eigenvalue weighted by molar-refractivity contribution is 5.16. The van der Waals surface area contributed by atoms with Crippen LogP contribution in [0.5, 0.6) is 0 Å². The van der Waals surface area contributed by atoms with Crippen LogP contribution in [0.25, 0.3) is 0 Å². The second-order valence-corrected chi connectivity index (χ2v) is 5.09. The van der Waals surface area contributed by atoms with E-state index in [0.29, 0.717) is 0 Å². The third kappa shape index (κ3) is 5.33. The number of benzene rings is 1. The van der Waals surface area contributed by atoms with E-state index in [1.807, 2.05) is 18.2 Å². The topological polar surface area (TPSA) is 21.3 Å². The summed E-state index contributed by atoms with van der Waals surface area (Å²) >= 11 is 0. The molecule has 0 saturated carbocycles. The summed E-state index contributed by atoms with van der Waals surface area (Å²) in [4.78, 5) is 0. The first-order valence-electron chi connectivity index (χ1n) is 6.47. The van der Waals surface area contributed by atoms with Crippen molar-refractivity contribution in [3.05, 3.63) is 35.9 Å². The zero-order valence-corrected chi connectivity index (χ0v) is 11.5. The summed E-state index contributed by atoms with van der Waals surface area (Å²) in [5.74, 6) is 0. The van der Waals surface area contributed by atoms with Gasteiger partial charge in [0, 0.05) is 12.1 Å². The van der Waals surface area contributed by atoms with Crippen LogP contribution >= 0.6 is 0 Å². The Labute approximate surface area is 105 Å². The summed E-state index contributed by atoms with van der Waals surface area (Å²) in [6.07, 6.45) is 1.30. The lowest BCUT2D eigenvalue weighted by molar-refractivity contribution is 0.0641. The third-order valence-electron chi connectivity index (χ3n) is 3.23. The molecule has 1 aromatic carbocycles. The van der Waals surface area contributed by atoms with Crippen LogP contribution in [0.4, 0.5) is 0 Å². The van der Waals surface area contributed by atoms with E-state index in [9.17, 15) is 0 Å². The molecule has 0 amide bonds. The number of hydrogen-bond acceptors (Lipinski definition) is 2. The Morgan fingerprint density at radius 3 is 2.47 bits per heavy atom. The minimum Gasteiger partial charge on any atom is -0.373 e. The summed E-state index contributed by atoms with van der Waals surface area (Å²) in [5.41, 5.74) is 1.45. The minimum atomic E-state index is 0.169. The number of nitrogens with one attached hydrogen (secondary N) is 1. The Morgan fingerprint density at radius 2 is 1.88 bits per heavy atom. The second kappa shape index (κ2) is 6.77. The van der Waals surface area contributed by atoms with Gasteiger partial charge in [0.05, 0.1) is 12.7 Å². The normalized spacial score (nSPS) is 13.6. The molecule has 0 aliphatic carbocycles. The summed E-state index contributed by atoms with van der Waals surface area (Å²) in [6, 6.07) is 10.3. The predicted octanol–water partition coefficient (Wildman–Crippen LogP) is 3.54. The van der Waals surface area contributed by atoms with E-state index in [2.05, 4.69) is 45.1 Å². The lowest BCUT2D eigenvalue weighted by Gasteiger charge is -2.25. The lowest BCUT2D eigenvalue weighted by Crippen LogP contribution is -2.40. The van der Waals surface area contributed by atoms with E-state index in [1.54, 1.807) is 0 Å². The molecule has 0 saturated heterocycles.